The van der Waals surface area contributed by atoms with E-state index in [1.165, 1.54) is 5.56 Å². The van der Waals surface area contributed by atoms with Gasteiger partial charge in [-0.05, 0) is 48.9 Å². The minimum absolute atomic E-state index is 0.435. The van der Waals surface area contributed by atoms with Gasteiger partial charge in [0.1, 0.15) is 0 Å². The zero-order chi connectivity index (χ0) is 14.2. The molecule has 20 heavy (non-hydrogen) atoms. The van der Waals surface area contributed by atoms with Crippen molar-refractivity contribution in [3.8, 4) is 0 Å². The molecule has 1 atom stereocenters. The second-order valence-electron chi connectivity index (χ2n) is 5.76. The smallest absolute Gasteiger partial charge is 0.301 e. The van der Waals surface area contributed by atoms with E-state index in [9.17, 15) is 8.42 Å². The molecular formula is C14H21N3O2S. The fraction of sp³-hybridized carbons (Fsp3) is 0.571. The molecule has 0 bridgehead atoms. The van der Waals surface area contributed by atoms with E-state index in [1.54, 1.807) is 4.31 Å². The van der Waals surface area contributed by atoms with Crippen LogP contribution in [0.3, 0.4) is 0 Å². The zero-order valence-corrected chi connectivity index (χ0v) is 12.5. The van der Waals surface area contributed by atoms with Crippen LogP contribution in [-0.2, 0) is 16.6 Å². The molecule has 110 valence electrons. The molecule has 3 rings (SSSR count). The van der Waals surface area contributed by atoms with E-state index < -0.39 is 10.2 Å². The maximum Gasteiger partial charge on any atom is 0.301 e. The van der Waals surface area contributed by atoms with Gasteiger partial charge in [-0.2, -0.15) is 12.7 Å². The number of anilines is 2. The molecule has 1 aromatic carbocycles. The van der Waals surface area contributed by atoms with E-state index in [2.05, 4.69) is 17.0 Å². The van der Waals surface area contributed by atoms with Crippen LogP contribution in [0.15, 0.2) is 18.2 Å². The Labute approximate surface area is 120 Å². The second kappa shape index (κ2) is 5.26. The summed E-state index contributed by atoms with van der Waals surface area (Å²) in [6, 6.07) is 5.70. The van der Waals surface area contributed by atoms with Crippen LogP contribution in [0.25, 0.3) is 0 Å². The van der Waals surface area contributed by atoms with Gasteiger partial charge in [-0.15, -0.1) is 0 Å². The lowest BCUT2D eigenvalue weighted by Crippen LogP contribution is -2.42. The molecule has 0 aromatic heterocycles. The predicted molar refractivity (Wildman–Crippen MR) is 81.1 cm³/mol. The summed E-state index contributed by atoms with van der Waals surface area (Å²) in [6.07, 6.45) is 3.00. The molecule has 0 amide bonds. The molecule has 0 spiro atoms. The Balaban J connectivity index is 1.76. The Bertz CT molecular complexity index is 600. The van der Waals surface area contributed by atoms with Gasteiger partial charge in [0.25, 0.3) is 0 Å². The molecule has 0 saturated carbocycles. The summed E-state index contributed by atoms with van der Waals surface area (Å²) < 4.78 is 29.1. The van der Waals surface area contributed by atoms with Gasteiger partial charge in [-0.1, -0.05) is 6.92 Å². The summed E-state index contributed by atoms with van der Waals surface area (Å²) in [5.41, 5.74) is 2.95. The Morgan fingerprint density at radius 3 is 3.05 bits per heavy atom. The quantitative estimate of drug-likeness (QED) is 0.897. The van der Waals surface area contributed by atoms with Gasteiger partial charge in [-0.3, -0.25) is 4.72 Å². The average Bonchev–Trinajstić information content (AvgIpc) is 2.85. The topological polar surface area (TPSA) is 61.4 Å². The van der Waals surface area contributed by atoms with Gasteiger partial charge < -0.3 is 5.32 Å². The minimum atomic E-state index is -3.42. The summed E-state index contributed by atoms with van der Waals surface area (Å²) >= 11 is 0. The minimum Gasteiger partial charge on any atom is -0.384 e. The van der Waals surface area contributed by atoms with Gasteiger partial charge >= 0.3 is 10.2 Å². The van der Waals surface area contributed by atoms with Crippen molar-refractivity contribution in [2.75, 3.05) is 29.7 Å². The van der Waals surface area contributed by atoms with E-state index in [4.69, 9.17) is 0 Å². The highest BCUT2D eigenvalue weighted by molar-refractivity contribution is 7.90. The van der Waals surface area contributed by atoms with Crippen LogP contribution in [0.4, 0.5) is 11.4 Å². The molecule has 2 N–H and O–H groups in total. The first kappa shape index (κ1) is 13.7. The van der Waals surface area contributed by atoms with E-state index in [0.717, 1.165) is 31.5 Å². The monoisotopic (exact) mass is 295 g/mol. The van der Waals surface area contributed by atoms with Gasteiger partial charge in [0.2, 0.25) is 0 Å². The zero-order valence-electron chi connectivity index (χ0n) is 11.7. The van der Waals surface area contributed by atoms with Gasteiger partial charge in [0, 0.05) is 25.3 Å². The number of piperidine rings is 1. The molecule has 1 saturated heterocycles. The van der Waals surface area contributed by atoms with Gasteiger partial charge in [0.15, 0.2) is 0 Å². The van der Waals surface area contributed by atoms with E-state index in [-0.39, 0.29) is 0 Å². The molecule has 2 aliphatic heterocycles. The maximum absolute atomic E-state index is 12.4. The van der Waals surface area contributed by atoms with Crippen LogP contribution >= 0.6 is 0 Å². The first-order chi connectivity index (χ1) is 9.54. The van der Waals surface area contributed by atoms with Crippen LogP contribution in [0.5, 0.6) is 0 Å². The van der Waals surface area contributed by atoms with Crippen LogP contribution in [0, 0.1) is 5.92 Å². The maximum atomic E-state index is 12.4. The van der Waals surface area contributed by atoms with Crippen molar-refractivity contribution in [2.24, 2.45) is 5.92 Å². The van der Waals surface area contributed by atoms with E-state index >= 15 is 0 Å². The molecule has 1 unspecified atom stereocenters. The summed E-state index contributed by atoms with van der Waals surface area (Å²) in [5.74, 6) is 0.435. The molecule has 0 radical (unpaired) electrons. The lowest BCUT2D eigenvalue weighted by Gasteiger charge is -2.30. The van der Waals surface area contributed by atoms with Crippen molar-refractivity contribution in [2.45, 2.75) is 26.2 Å². The van der Waals surface area contributed by atoms with Crippen LogP contribution in [-0.4, -0.2) is 32.4 Å². The fourth-order valence-electron chi connectivity index (χ4n) is 2.95. The van der Waals surface area contributed by atoms with Crippen molar-refractivity contribution < 1.29 is 8.42 Å². The molecule has 1 fully saturated rings. The number of benzene rings is 1. The Morgan fingerprint density at radius 1 is 1.40 bits per heavy atom. The van der Waals surface area contributed by atoms with Gasteiger partial charge in [0.05, 0.1) is 5.69 Å². The van der Waals surface area contributed by atoms with E-state index in [0.29, 0.717) is 24.7 Å². The fourth-order valence-corrected chi connectivity index (χ4v) is 4.32. The molecule has 6 heteroatoms. The lowest BCUT2D eigenvalue weighted by molar-refractivity contribution is 0.282. The Morgan fingerprint density at radius 2 is 2.25 bits per heavy atom. The highest BCUT2D eigenvalue weighted by atomic mass is 32.2. The second-order valence-corrected chi connectivity index (χ2v) is 7.43. The summed E-state index contributed by atoms with van der Waals surface area (Å²) in [7, 11) is -3.42. The Kier molecular flexibility index (Phi) is 3.60. The van der Waals surface area contributed by atoms with Gasteiger partial charge in [-0.25, -0.2) is 0 Å². The third-order valence-electron chi connectivity index (χ3n) is 4.02. The average molecular weight is 295 g/mol. The number of rotatable bonds is 3. The van der Waals surface area contributed by atoms with Crippen molar-refractivity contribution in [3.63, 3.8) is 0 Å². The highest BCUT2D eigenvalue weighted by Crippen LogP contribution is 2.26. The Hall–Kier alpha value is -1.27. The number of fused-ring (bicyclic) bond motifs is 1. The molecule has 5 nitrogen and oxygen atoms in total. The SMILES string of the molecule is CC1CCCN(S(=O)(=O)Nc2ccc3c(c2)CCN3)C1. The summed E-state index contributed by atoms with van der Waals surface area (Å²) in [5, 5.41) is 3.27. The van der Waals surface area contributed by atoms with Crippen molar-refractivity contribution >= 4 is 21.6 Å². The van der Waals surface area contributed by atoms with Crippen molar-refractivity contribution in [1.82, 2.24) is 4.31 Å². The third kappa shape index (κ3) is 2.76. The van der Waals surface area contributed by atoms with Crippen LogP contribution in [0.1, 0.15) is 25.3 Å². The summed E-state index contributed by atoms with van der Waals surface area (Å²) in [6.45, 7) is 4.26. The molecule has 2 aliphatic rings. The highest BCUT2D eigenvalue weighted by Gasteiger charge is 2.27. The summed E-state index contributed by atoms with van der Waals surface area (Å²) in [4.78, 5) is 0. The van der Waals surface area contributed by atoms with Crippen molar-refractivity contribution in [1.29, 1.82) is 0 Å². The molecule has 2 heterocycles. The van der Waals surface area contributed by atoms with Crippen molar-refractivity contribution in [3.05, 3.63) is 23.8 Å². The number of hydrogen-bond donors (Lipinski definition) is 2. The van der Waals surface area contributed by atoms with Crippen LogP contribution < -0.4 is 10.0 Å². The van der Waals surface area contributed by atoms with Crippen LogP contribution in [0.2, 0.25) is 0 Å². The molecule has 1 aromatic rings. The molecule has 0 aliphatic carbocycles. The standard InChI is InChI=1S/C14H21N3O2S/c1-11-3-2-8-17(10-11)20(18,19)16-13-4-5-14-12(9-13)6-7-15-14/h4-5,9,11,15-16H,2-3,6-8,10H2,1H3. The van der Waals surface area contributed by atoms with E-state index in [1.807, 2.05) is 18.2 Å². The third-order valence-corrected chi connectivity index (χ3v) is 5.53. The number of nitrogens with zero attached hydrogens (tertiary/aromatic N) is 1. The predicted octanol–water partition coefficient (Wildman–Crippen LogP) is 2.04. The molecular weight excluding hydrogens is 274 g/mol. The number of nitrogens with one attached hydrogen (secondary N) is 2. The number of hydrogen-bond acceptors (Lipinski definition) is 3. The first-order valence-electron chi connectivity index (χ1n) is 7.19. The lowest BCUT2D eigenvalue weighted by atomic mass is 10.0. The largest absolute Gasteiger partial charge is 0.384 e. The normalized spacial score (nSPS) is 23.1. The first-order valence-corrected chi connectivity index (χ1v) is 8.63.